The second-order valence-electron chi connectivity index (χ2n) is 6.81. The van der Waals surface area contributed by atoms with Gasteiger partial charge in [0.05, 0.1) is 7.11 Å². The maximum absolute atomic E-state index is 12.9. The summed E-state index contributed by atoms with van der Waals surface area (Å²) in [5, 5.41) is 0. The molecule has 1 saturated heterocycles. The molecule has 2 aliphatic rings. The summed E-state index contributed by atoms with van der Waals surface area (Å²) in [5.41, 5.74) is 1.63. The summed E-state index contributed by atoms with van der Waals surface area (Å²) >= 11 is 0. The Kier molecular flexibility index (Phi) is 4.37. The SMILES string of the molecule is C=CC(=O)N1CCCc2c(C(=O)N3CC(C)(C(=O)OC)C3)cccc21. The van der Waals surface area contributed by atoms with E-state index >= 15 is 0 Å². The van der Waals surface area contributed by atoms with Crippen molar-refractivity contribution in [2.75, 3.05) is 31.6 Å². The number of fused-ring (bicyclic) bond motifs is 1. The molecule has 0 radical (unpaired) electrons. The zero-order valence-electron chi connectivity index (χ0n) is 14.6. The van der Waals surface area contributed by atoms with Crippen LogP contribution in [-0.4, -0.2) is 49.4 Å². The Bertz CT molecular complexity index is 750. The molecule has 25 heavy (non-hydrogen) atoms. The third-order valence-electron chi connectivity index (χ3n) is 4.97. The van der Waals surface area contributed by atoms with E-state index < -0.39 is 5.41 Å². The highest BCUT2D eigenvalue weighted by Crippen LogP contribution is 2.35. The molecule has 3 rings (SSSR count). The van der Waals surface area contributed by atoms with Crippen LogP contribution in [0, 0.1) is 5.41 Å². The van der Waals surface area contributed by atoms with Crippen molar-refractivity contribution in [2.24, 2.45) is 5.41 Å². The summed E-state index contributed by atoms with van der Waals surface area (Å²) in [5.74, 6) is -0.562. The fraction of sp³-hybridized carbons (Fsp3) is 0.421. The van der Waals surface area contributed by atoms with Crippen LogP contribution in [0.4, 0.5) is 5.69 Å². The normalized spacial score (nSPS) is 18.0. The van der Waals surface area contributed by atoms with Crippen molar-refractivity contribution in [3.05, 3.63) is 42.0 Å². The van der Waals surface area contributed by atoms with Gasteiger partial charge in [0.25, 0.3) is 5.91 Å². The molecule has 0 N–H and O–H groups in total. The average molecular weight is 342 g/mol. The maximum Gasteiger partial charge on any atom is 0.315 e. The molecule has 0 aromatic heterocycles. The maximum atomic E-state index is 12.9. The summed E-state index contributed by atoms with van der Waals surface area (Å²) in [7, 11) is 1.36. The molecule has 2 aliphatic heterocycles. The Morgan fingerprint density at radius 1 is 1.28 bits per heavy atom. The van der Waals surface area contributed by atoms with Crippen molar-refractivity contribution in [3.63, 3.8) is 0 Å². The largest absolute Gasteiger partial charge is 0.468 e. The Labute approximate surface area is 147 Å². The predicted molar refractivity (Wildman–Crippen MR) is 93.3 cm³/mol. The van der Waals surface area contributed by atoms with E-state index in [1.165, 1.54) is 13.2 Å². The van der Waals surface area contributed by atoms with E-state index in [0.717, 1.165) is 24.1 Å². The van der Waals surface area contributed by atoms with Crippen molar-refractivity contribution in [1.82, 2.24) is 4.90 Å². The van der Waals surface area contributed by atoms with E-state index in [0.29, 0.717) is 25.2 Å². The van der Waals surface area contributed by atoms with Crippen molar-refractivity contribution in [3.8, 4) is 0 Å². The van der Waals surface area contributed by atoms with E-state index in [1.54, 1.807) is 28.9 Å². The molecule has 6 nitrogen and oxygen atoms in total. The molecule has 0 spiro atoms. The summed E-state index contributed by atoms with van der Waals surface area (Å²) < 4.78 is 4.80. The van der Waals surface area contributed by atoms with Gasteiger partial charge in [-0.15, -0.1) is 0 Å². The second-order valence-corrected chi connectivity index (χ2v) is 6.81. The number of hydrogen-bond acceptors (Lipinski definition) is 4. The average Bonchev–Trinajstić information content (AvgIpc) is 2.62. The zero-order valence-corrected chi connectivity index (χ0v) is 14.6. The van der Waals surface area contributed by atoms with Crippen LogP contribution in [0.5, 0.6) is 0 Å². The fourth-order valence-corrected chi connectivity index (χ4v) is 3.65. The lowest BCUT2D eigenvalue weighted by Gasteiger charge is -2.46. The van der Waals surface area contributed by atoms with Crippen LogP contribution < -0.4 is 4.90 Å². The lowest BCUT2D eigenvalue weighted by atomic mass is 9.81. The number of anilines is 1. The second kappa shape index (κ2) is 6.35. The molecule has 1 fully saturated rings. The minimum Gasteiger partial charge on any atom is -0.468 e. The first-order valence-corrected chi connectivity index (χ1v) is 8.35. The summed E-state index contributed by atoms with van der Waals surface area (Å²) in [6.45, 7) is 6.66. The zero-order chi connectivity index (χ0) is 18.2. The molecule has 0 saturated carbocycles. The van der Waals surface area contributed by atoms with E-state index in [2.05, 4.69) is 6.58 Å². The van der Waals surface area contributed by atoms with Gasteiger partial charge in [-0.3, -0.25) is 14.4 Å². The topological polar surface area (TPSA) is 66.9 Å². The number of likely N-dealkylation sites (tertiary alicyclic amines) is 1. The fourth-order valence-electron chi connectivity index (χ4n) is 3.65. The van der Waals surface area contributed by atoms with Gasteiger partial charge in [-0.25, -0.2) is 0 Å². The van der Waals surface area contributed by atoms with Gasteiger partial charge in [-0.2, -0.15) is 0 Å². The van der Waals surface area contributed by atoms with Gasteiger partial charge in [0.1, 0.15) is 5.41 Å². The number of methoxy groups -OCH3 is 1. The van der Waals surface area contributed by atoms with Crippen LogP contribution >= 0.6 is 0 Å². The Morgan fingerprint density at radius 3 is 2.64 bits per heavy atom. The lowest BCUT2D eigenvalue weighted by Crippen LogP contribution is -2.61. The number of nitrogens with zero attached hydrogens (tertiary/aromatic N) is 2. The van der Waals surface area contributed by atoms with E-state index in [9.17, 15) is 14.4 Å². The van der Waals surface area contributed by atoms with Crippen molar-refractivity contribution >= 4 is 23.5 Å². The third-order valence-corrected chi connectivity index (χ3v) is 4.97. The summed E-state index contributed by atoms with van der Waals surface area (Å²) in [4.78, 5) is 40.1. The smallest absolute Gasteiger partial charge is 0.315 e. The number of carbonyl (C=O) groups excluding carboxylic acids is 3. The summed E-state index contributed by atoms with van der Waals surface area (Å²) in [6, 6.07) is 5.44. The third kappa shape index (κ3) is 2.81. The highest BCUT2D eigenvalue weighted by atomic mass is 16.5. The Hall–Kier alpha value is -2.63. The molecule has 2 heterocycles. The van der Waals surface area contributed by atoms with Crippen molar-refractivity contribution < 1.29 is 19.1 Å². The minimum atomic E-state index is -0.635. The molecule has 0 atom stereocenters. The number of esters is 1. The number of benzene rings is 1. The van der Waals surface area contributed by atoms with E-state index in [1.807, 2.05) is 6.07 Å². The van der Waals surface area contributed by atoms with Crippen LogP contribution in [0.15, 0.2) is 30.9 Å². The van der Waals surface area contributed by atoms with E-state index in [-0.39, 0.29) is 17.8 Å². The number of rotatable bonds is 3. The minimum absolute atomic E-state index is 0.105. The highest BCUT2D eigenvalue weighted by molar-refractivity contribution is 6.04. The van der Waals surface area contributed by atoms with Crippen LogP contribution in [0.25, 0.3) is 0 Å². The Balaban J connectivity index is 1.85. The van der Waals surface area contributed by atoms with Gasteiger partial charge in [0.15, 0.2) is 0 Å². The molecule has 0 unspecified atom stereocenters. The van der Waals surface area contributed by atoms with Crippen LogP contribution in [-0.2, 0) is 20.7 Å². The van der Waals surface area contributed by atoms with Gasteiger partial charge >= 0.3 is 5.97 Å². The Morgan fingerprint density at radius 2 is 2.00 bits per heavy atom. The standard InChI is InChI=1S/C19H22N2O4/c1-4-16(22)21-10-6-8-13-14(7-5-9-15(13)21)17(23)20-11-19(2,12-20)18(24)25-3/h4-5,7,9H,1,6,8,10-12H2,2-3H3. The molecule has 6 heteroatoms. The van der Waals surface area contributed by atoms with Crippen LogP contribution in [0.2, 0.25) is 0 Å². The van der Waals surface area contributed by atoms with Gasteiger partial charge in [0.2, 0.25) is 5.91 Å². The molecule has 1 aromatic rings. The molecule has 2 amide bonds. The molecule has 1 aromatic carbocycles. The molecular weight excluding hydrogens is 320 g/mol. The quantitative estimate of drug-likeness (QED) is 0.620. The first kappa shape index (κ1) is 17.2. The predicted octanol–water partition coefficient (Wildman–Crippen LogP) is 1.79. The molecule has 132 valence electrons. The highest BCUT2D eigenvalue weighted by Gasteiger charge is 2.48. The van der Waals surface area contributed by atoms with Crippen molar-refractivity contribution in [1.29, 1.82) is 0 Å². The van der Waals surface area contributed by atoms with Gasteiger partial charge in [-0.1, -0.05) is 12.6 Å². The monoisotopic (exact) mass is 342 g/mol. The van der Waals surface area contributed by atoms with Gasteiger partial charge in [-0.05, 0) is 43.5 Å². The van der Waals surface area contributed by atoms with Gasteiger partial charge < -0.3 is 14.5 Å². The first-order chi connectivity index (χ1) is 11.9. The number of carbonyl (C=O) groups is 3. The number of amides is 2. The molecule has 0 aliphatic carbocycles. The van der Waals surface area contributed by atoms with E-state index in [4.69, 9.17) is 4.74 Å². The van der Waals surface area contributed by atoms with Gasteiger partial charge in [0, 0.05) is 30.9 Å². The molecular formula is C19H22N2O4. The first-order valence-electron chi connectivity index (χ1n) is 8.35. The van der Waals surface area contributed by atoms with Crippen molar-refractivity contribution in [2.45, 2.75) is 19.8 Å². The number of ether oxygens (including phenoxy) is 1. The van der Waals surface area contributed by atoms with Crippen LogP contribution in [0.1, 0.15) is 29.3 Å². The summed E-state index contributed by atoms with van der Waals surface area (Å²) in [6.07, 6.45) is 2.85. The lowest BCUT2D eigenvalue weighted by molar-refractivity contribution is -0.159. The number of hydrogen-bond donors (Lipinski definition) is 0. The van der Waals surface area contributed by atoms with Crippen LogP contribution in [0.3, 0.4) is 0 Å². The molecule has 0 bridgehead atoms.